The van der Waals surface area contributed by atoms with Crippen LogP contribution < -0.4 is 0 Å². The van der Waals surface area contributed by atoms with Gasteiger partial charge in [-0.3, -0.25) is 4.79 Å². The topological polar surface area (TPSA) is 51.2 Å². The van der Waals surface area contributed by atoms with E-state index in [0.29, 0.717) is 28.8 Å². The van der Waals surface area contributed by atoms with E-state index in [1.54, 1.807) is 23.9 Å². The summed E-state index contributed by atoms with van der Waals surface area (Å²) < 4.78 is 22.6. The number of sulfone groups is 1. The van der Waals surface area contributed by atoms with Gasteiger partial charge in [-0.05, 0) is 30.7 Å². The van der Waals surface area contributed by atoms with Gasteiger partial charge >= 0.3 is 0 Å². The second kappa shape index (κ2) is 4.82. The SMILES string of the molecule is CS(=O)(=O)c1ccc(SC2CCC(=O)C2)cc1. The van der Waals surface area contributed by atoms with Crippen LogP contribution in [0.1, 0.15) is 19.3 Å². The number of rotatable bonds is 3. The molecule has 92 valence electrons. The molecule has 5 heteroatoms. The number of carbonyl (C=O) groups excluding carboxylic acids is 1. The largest absolute Gasteiger partial charge is 0.300 e. The van der Waals surface area contributed by atoms with Crippen LogP contribution >= 0.6 is 11.8 Å². The lowest BCUT2D eigenvalue weighted by molar-refractivity contribution is -0.117. The zero-order valence-electron chi connectivity index (χ0n) is 9.55. The molecule has 0 heterocycles. The maximum Gasteiger partial charge on any atom is 0.175 e. The first-order valence-electron chi connectivity index (χ1n) is 5.43. The van der Waals surface area contributed by atoms with E-state index in [-0.39, 0.29) is 0 Å². The van der Waals surface area contributed by atoms with E-state index < -0.39 is 9.84 Å². The number of carbonyl (C=O) groups is 1. The molecule has 0 aliphatic heterocycles. The lowest BCUT2D eigenvalue weighted by Gasteiger charge is -2.08. The maximum atomic E-state index is 11.3. The van der Waals surface area contributed by atoms with Crippen molar-refractivity contribution in [1.82, 2.24) is 0 Å². The van der Waals surface area contributed by atoms with Gasteiger partial charge in [-0.25, -0.2) is 8.42 Å². The van der Waals surface area contributed by atoms with E-state index >= 15 is 0 Å². The Morgan fingerprint density at radius 2 is 1.88 bits per heavy atom. The first-order chi connectivity index (χ1) is 7.95. The van der Waals surface area contributed by atoms with Crippen LogP contribution in [0.4, 0.5) is 0 Å². The summed E-state index contributed by atoms with van der Waals surface area (Å²) in [5, 5.41) is 0.353. The molecular weight excluding hydrogens is 256 g/mol. The second-order valence-electron chi connectivity index (χ2n) is 4.26. The fourth-order valence-electron chi connectivity index (χ4n) is 1.84. The Bertz CT molecular complexity index is 517. The maximum absolute atomic E-state index is 11.3. The van der Waals surface area contributed by atoms with Gasteiger partial charge in [-0.15, -0.1) is 11.8 Å². The molecule has 1 atom stereocenters. The van der Waals surface area contributed by atoms with Crippen molar-refractivity contribution in [1.29, 1.82) is 0 Å². The molecule has 1 unspecified atom stereocenters. The Morgan fingerprint density at radius 1 is 1.24 bits per heavy atom. The molecule has 0 radical (unpaired) electrons. The van der Waals surface area contributed by atoms with Crippen molar-refractivity contribution in [2.75, 3.05) is 6.26 Å². The molecule has 0 N–H and O–H groups in total. The molecule has 3 nitrogen and oxygen atoms in total. The molecule has 0 aromatic heterocycles. The van der Waals surface area contributed by atoms with Crippen molar-refractivity contribution in [3.8, 4) is 0 Å². The van der Waals surface area contributed by atoms with Crippen molar-refractivity contribution in [3.05, 3.63) is 24.3 Å². The molecule has 0 spiro atoms. The minimum Gasteiger partial charge on any atom is -0.300 e. The van der Waals surface area contributed by atoms with Crippen LogP contribution in [0.2, 0.25) is 0 Å². The number of benzene rings is 1. The van der Waals surface area contributed by atoms with Gasteiger partial charge in [0.25, 0.3) is 0 Å². The van der Waals surface area contributed by atoms with Gasteiger partial charge in [0.05, 0.1) is 4.90 Å². The van der Waals surface area contributed by atoms with Crippen LogP contribution in [0.15, 0.2) is 34.1 Å². The van der Waals surface area contributed by atoms with Gasteiger partial charge in [-0.1, -0.05) is 0 Å². The summed E-state index contributed by atoms with van der Waals surface area (Å²) in [6.45, 7) is 0. The van der Waals surface area contributed by atoms with Crippen LogP contribution in [0, 0.1) is 0 Å². The molecule has 1 aromatic rings. The molecule has 1 saturated carbocycles. The highest BCUT2D eigenvalue weighted by molar-refractivity contribution is 8.00. The third kappa shape index (κ3) is 3.33. The molecule has 1 fully saturated rings. The number of hydrogen-bond acceptors (Lipinski definition) is 4. The van der Waals surface area contributed by atoms with E-state index in [4.69, 9.17) is 0 Å². The van der Waals surface area contributed by atoms with E-state index in [0.717, 1.165) is 11.3 Å². The summed E-state index contributed by atoms with van der Waals surface area (Å²) >= 11 is 1.66. The average Bonchev–Trinajstić information content (AvgIpc) is 2.63. The molecule has 0 amide bonds. The molecule has 0 saturated heterocycles. The number of ketones is 1. The first-order valence-corrected chi connectivity index (χ1v) is 8.21. The molecular formula is C12H14O3S2. The predicted molar refractivity (Wildman–Crippen MR) is 68.1 cm³/mol. The molecule has 0 bridgehead atoms. The Morgan fingerprint density at radius 3 is 2.35 bits per heavy atom. The molecule has 1 aromatic carbocycles. The van der Waals surface area contributed by atoms with Crippen molar-refractivity contribution in [2.45, 2.75) is 34.3 Å². The normalized spacial score (nSPS) is 20.8. The van der Waals surface area contributed by atoms with Crippen LogP contribution in [-0.4, -0.2) is 25.7 Å². The summed E-state index contributed by atoms with van der Waals surface area (Å²) in [5.74, 6) is 0.329. The number of thioether (sulfide) groups is 1. The van der Waals surface area contributed by atoms with Crippen LogP contribution in [-0.2, 0) is 14.6 Å². The lowest BCUT2D eigenvalue weighted by Crippen LogP contribution is -1.98. The standard InChI is InChI=1S/C12H14O3S2/c1-17(14,15)12-6-4-10(5-7-12)16-11-3-2-9(13)8-11/h4-7,11H,2-3,8H2,1H3. The summed E-state index contributed by atoms with van der Waals surface area (Å²) in [5.41, 5.74) is 0. The minimum atomic E-state index is -3.12. The first kappa shape index (κ1) is 12.6. The highest BCUT2D eigenvalue weighted by Crippen LogP contribution is 2.33. The van der Waals surface area contributed by atoms with E-state index in [9.17, 15) is 13.2 Å². The second-order valence-corrected chi connectivity index (χ2v) is 7.65. The Kier molecular flexibility index (Phi) is 3.58. The van der Waals surface area contributed by atoms with Gasteiger partial charge in [0.1, 0.15) is 5.78 Å². The third-order valence-corrected chi connectivity index (χ3v) is 5.16. The van der Waals surface area contributed by atoms with E-state index in [2.05, 4.69) is 0 Å². The molecule has 17 heavy (non-hydrogen) atoms. The van der Waals surface area contributed by atoms with Gasteiger partial charge < -0.3 is 0 Å². The zero-order valence-corrected chi connectivity index (χ0v) is 11.2. The quantitative estimate of drug-likeness (QED) is 0.845. The Hall–Kier alpha value is -0.810. The zero-order chi connectivity index (χ0) is 12.5. The van der Waals surface area contributed by atoms with Crippen LogP contribution in [0.5, 0.6) is 0 Å². The average molecular weight is 270 g/mol. The number of hydrogen-bond donors (Lipinski definition) is 0. The highest BCUT2D eigenvalue weighted by Gasteiger charge is 2.22. The van der Waals surface area contributed by atoms with Crippen molar-refractivity contribution in [2.24, 2.45) is 0 Å². The van der Waals surface area contributed by atoms with Gasteiger partial charge in [0, 0.05) is 29.2 Å². The molecule has 1 aliphatic rings. The van der Waals surface area contributed by atoms with Gasteiger partial charge in [0.2, 0.25) is 0 Å². The Balaban J connectivity index is 2.06. The predicted octanol–water partition coefficient (Wildman–Crippen LogP) is 2.30. The fraction of sp³-hybridized carbons (Fsp3) is 0.417. The monoisotopic (exact) mass is 270 g/mol. The number of Topliss-reactive ketones (excluding diaryl/α,β-unsaturated/α-hetero) is 1. The van der Waals surface area contributed by atoms with Crippen LogP contribution in [0.25, 0.3) is 0 Å². The summed E-state index contributed by atoms with van der Waals surface area (Å²) in [4.78, 5) is 12.5. The molecule has 2 rings (SSSR count). The molecule has 1 aliphatic carbocycles. The van der Waals surface area contributed by atoms with Gasteiger partial charge in [-0.2, -0.15) is 0 Å². The highest BCUT2D eigenvalue weighted by atomic mass is 32.2. The summed E-state index contributed by atoms with van der Waals surface area (Å²) in [6.07, 6.45) is 3.44. The van der Waals surface area contributed by atoms with Crippen LogP contribution in [0.3, 0.4) is 0 Å². The smallest absolute Gasteiger partial charge is 0.175 e. The van der Waals surface area contributed by atoms with Crippen molar-refractivity contribution in [3.63, 3.8) is 0 Å². The lowest BCUT2D eigenvalue weighted by atomic mass is 10.4. The van der Waals surface area contributed by atoms with E-state index in [1.165, 1.54) is 6.26 Å². The van der Waals surface area contributed by atoms with E-state index in [1.807, 2.05) is 12.1 Å². The summed E-state index contributed by atoms with van der Waals surface area (Å²) in [6, 6.07) is 6.86. The minimum absolute atomic E-state index is 0.329. The van der Waals surface area contributed by atoms with Crippen molar-refractivity contribution < 1.29 is 13.2 Å². The Labute approximate surface area is 106 Å². The van der Waals surface area contributed by atoms with Crippen molar-refractivity contribution >= 4 is 27.4 Å². The van der Waals surface area contributed by atoms with Gasteiger partial charge in [0.15, 0.2) is 9.84 Å². The fourth-order valence-corrected chi connectivity index (χ4v) is 3.65. The third-order valence-electron chi connectivity index (χ3n) is 2.76. The summed E-state index contributed by atoms with van der Waals surface area (Å²) in [7, 11) is -3.12.